The molecule has 2 amide bonds. The normalized spacial score (nSPS) is 10.7. The number of benzene rings is 2. The van der Waals surface area contributed by atoms with E-state index in [9.17, 15) is 14.0 Å². The van der Waals surface area contributed by atoms with Crippen LogP contribution in [0, 0.1) is 5.82 Å². The number of rotatable bonds is 3. The summed E-state index contributed by atoms with van der Waals surface area (Å²) in [6.07, 6.45) is 0. The molecule has 5 nitrogen and oxygen atoms in total. The second-order valence-electron chi connectivity index (χ2n) is 5.08. The van der Waals surface area contributed by atoms with Crippen molar-refractivity contribution < 1.29 is 14.0 Å². The number of nitrogens with one attached hydrogen (secondary N) is 2. The largest absolute Gasteiger partial charge is 0.326 e. The number of thiazole rings is 1. The average Bonchev–Trinajstić information content (AvgIpc) is 2.91. The number of hydrogen-bond donors (Lipinski definition) is 2. The van der Waals surface area contributed by atoms with Crippen molar-refractivity contribution in [3.8, 4) is 0 Å². The predicted molar refractivity (Wildman–Crippen MR) is 98.3 cm³/mol. The van der Waals surface area contributed by atoms with Gasteiger partial charge in [-0.25, -0.2) is 9.37 Å². The summed E-state index contributed by atoms with van der Waals surface area (Å²) in [6.45, 7) is 1.41. The number of amides is 2. The Balaban J connectivity index is 1.86. The highest BCUT2D eigenvalue weighted by molar-refractivity contribution is 7.22. The van der Waals surface area contributed by atoms with Gasteiger partial charge in [0.15, 0.2) is 5.13 Å². The molecular formula is C16H10Cl2FN3O2S. The third kappa shape index (κ3) is 3.89. The molecule has 0 saturated carbocycles. The van der Waals surface area contributed by atoms with Gasteiger partial charge in [-0.15, -0.1) is 0 Å². The van der Waals surface area contributed by atoms with Gasteiger partial charge in [0.25, 0.3) is 5.91 Å². The van der Waals surface area contributed by atoms with E-state index >= 15 is 0 Å². The molecule has 25 heavy (non-hydrogen) atoms. The van der Waals surface area contributed by atoms with Crippen LogP contribution in [-0.2, 0) is 4.79 Å². The van der Waals surface area contributed by atoms with E-state index in [4.69, 9.17) is 23.2 Å². The number of carbonyl (C=O) groups is 2. The molecule has 0 atom stereocenters. The van der Waals surface area contributed by atoms with Gasteiger partial charge in [-0.3, -0.25) is 14.9 Å². The highest BCUT2D eigenvalue weighted by Crippen LogP contribution is 2.30. The Labute approximate surface area is 155 Å². The van der Waals surface area contributed by atoms with Crippen LogP contribution in [0.5, 0.6) is 0 Å². The van der Waals surface area contributed by atoms with Crippen LogP contribution in [-0.4, -0.2) is 16.8 Å². The first-order valence-corrected chi connectivity index (χ1v) is 8.55. The Morgan fingerprint density at radius 2 is 1.88 bits per heavy atom. The predicted octanol–water partition coefficient (Wildman–Crippen LogP) is 4.95. The van der Waals surface area contributed by atoms with Crippen LogP contribution in [0.25, 0.3) is 10.2 Å². The lowest BCUT2D eigenvalue weighted by molar-refractivity contribution is -0.114. The van der Waals surface area contributed by atoms with Crippen molar-refractivity contribution in [3.05, 3.63) is 51.8 Å². The molecule has 0 aliphatic heterocycles. The summed E-state index contributed by atoms with van der Waals surface area (Å²) in [7, 11) is 0. The number of carbonyl (C=O) groups excluding carboxylic acids is 2. The zero-order chi connectivity index (χ0) is 18.1. The first-order chi connectivity index (χ1) is 11.8. The first kappa shape index (κ1) is 17.6. The minimum absolute atomic E-state index is 0.0398. The summed E-state index contributed by atoms with van der Waals surface area (Å²) in [5.41, 5.74) is 1.24. The summed E-state index contributed by atoms with van der Waals surface area (Å²) in [6, 6.07) is 7.33. The van der Waals surface area contributed by atoms with Crippen LogP contribution in [0.3, 0.4) is 0 Å². The van der Waals surface area contributed by atoms with Crippen molar-refractivity contribution in [2.24, 2.45) is 0 Å². The van der Waals surface area contributed by atoms with Gasteiger partial charge in [-0.05, 0) is 30.3 Å². The molecule has 1 heterocycles. The fourth-order valence-corrected chi connectivity index (χ4v) is 3.49. The number of fused-ring (bicyclic) bond motifs is 1. The summed E-state index contributed by atoms with van der Waals surface area (Å²) in [5.74, 6) is -1.51. The molecule has 0 aliphatic carbocycles. The molecule has 0 radical (unpaired) electrons. The topological polar surface area (TPSA) is 71.1 Å². The molecule has 0 unspecified atom stereocenters. The van der Waals surface area contributed by atoms with Crippen molar-refractivity contribution in [2.75, 3.05) is 10.6 Å². The molecule has 9 heteroatoms. The van der Waals surface area contributed by atoms with Gasteiger partial charge in [0.05, 0.1) is 25.8 Å². The Morgan fingerprint density at radius 1 is 1.12 bits per heavy atom. The number of anilines is 2. The number of hydrogen-bond acceptors (Lipinski definition) is 4. The zero-order valence-electron chi connectivity index (χ0n) is 12.7. The van der Waals surface area contributed by atoms with Crippen molar-refractivity contribution in [1.82, 2.24) is 4.98 Å². The van der Waals surface area contributed by atoms with Crippen LogP contribution >= 0.6 is 34.5 Å². The number of halogens is 3. The molecule has 1 aromatic heterocycles. The van der Waals surface area contributed by atoms with Crippen LogP contribution in [0.2, 0.25) is 10.0 Å². The molecule has 2 N–H and O–H groups in total. The van der Waals surface area contributed by atoms with E-state index in [-0.39, 0.29) is 21.5 Å². The van der Waals surface area contributed by atoms with Crippen molar-refractivity contribution >= 4 is 67.4 Å². The minimum atomic E-state index is -0.736. The van der Waals surface area contributed by atoms with Gasteiger partial charge < -0.3 is 5.32 Å². The third-order valence-electron chi connectivity index (χ3n) is 3.18. The van der Waals surface area contributed by atoms with Gasteiger partial charge in [0, 0.05) is 12.6 Å². The van der Waals surface area contributed by atoms with Gasteiger partial charge in [0.1, 0.15) is 5.82 Å². The van der Waals surface area contributed by atoms with Crippen LogP contribution in [0.1, 0.15) is 17.3 Å². The second-order valence-corrected chi connectivity index (χ2v) is 6.93. The second kappa shape index (κ2) is 6.95. The number of aromatic nitrogens is 1. The molecule has 3 rings (SSSR count). The highest BCUT2D eigenvalue weighted by atomic mass is 35.5. The van der Waals surface area contributed by atoms with Gasteiger partial charge in [-0.1, -0.05) is 34.5 Å². The van der Waals surface area contributed by atoms with Gasteiger partial charge in [0.2, 0.25) is 5.91 Å². The van der Waals surface area contributed by atoms with E-state index < -0.39 is 11.7 Å². The average molecular weight is 398 g/mol. The van der Waals surface area contributed by atoms with Crippen molar-refractivity contribution in [3.63, 3.8) is 0 Å². The summed E-state index contributed by atoms with van der Waals surface area (Å²) in [5, 5.41) is 5.46. The summed E-state index contributed by atoms with van der Waals surface area (Å²) >= 11 is 12.8. The van der Waals surface area contributed by atoms with E-state index in [1.807, 2.05) is 0 Å². The maximum absolute atomic E-state index is 13.6. The highest BCUT2D eigenvalue weighted by Gasteiger charge is 2.16. The van der Waals surface area contributed by atoms with E-state index in [0.29, 0.717) is 16.3 Å². The minimum Gasteiger partial charge on any atom is -0.326 e. The smallest absolute Gasteiger partial charge is 0.259 e. The summed E-state index contributed by atoms with van der Waals surface area (Å²) in [4.78, 5) is 27.7. The molecule has 0 bridgehead atoms. The molecule has 128 valence electrons. The standard InChI is InChI=1S/C16H10Cl2FN3O2S/c1-7(23)20-8-2-3-13-14(4-8)25-16(21-13)22-15(24)9-5-12(19)11(18)6-10(9)17/h2-6H,1H3,(H,20,23)(H,21,22,24). The monoisotopic (exact) mass is 397 g/mol. The SMILES string of the molecule is CC(=O)Nc1ccc2nc(NC(=O)c3cc(F)c(Cl)cc3Cl)sc2c1. The van der Waals surface area contributed by atoms with Crippen LogP contribution in [0.4, 0.5) is 15.2 Å². The molecule has 2 aromatic carbocycles. The maximum atomic E-state index is 13.6. The quantitative estimate of drug-likeness (QED) is 0.613. The van der Waals surface area contributed by atoms with E-state index in [1.54, 1.807) is 18.2 Å². The lowest BCUT2D eigenvalue weighted by Crippen LogP contribution is -2.12. The number of nitrogens with zero attached hydrogens (tertiary/aromatic N) is 1. The lowest BCUT2D eigenvalue weighted by atomic mass is 10.2. The Kier molecular flexibility index (Phi) is 4.89. The van der Waals surface area contributed by atoms with Crippen molar-refractivity contribution in [1.29, 1.82) is 0 Å². The Bertz CT molecular complexity index is 1010. The molecule has 0 spiro atoms. The van der Waals surface area contributed by atoms with Crippen LogP contribution < -0.4 is 10.6 Å². The molecule has 0 saturated heterocycles. The van der Waals surface area contributed by atoms with E-state index in [1.165, 1.54) is 24.3 Å². The Hall–Kier alpha value is -2.22. The molecule has 3 aromatic rings. The third-order valence-corrected chi connectivity index (χ3v) is 4.72. The Morgan fingerprint density at radius 3 is 2.60 bits per heavy atom. The summed E-state index contributed by atoms with van der Waals surface area (Å²) < 4.78 is 14.3. The molecular weight excluding hydrogens is 388 g/mol. The van der Waals surface area contributed by atoms with Crippen LogP contribution in [0.15, 0.2) is 30.3 Å². The van der Waals surface area contributed by atoms with Crippen molar-refractivity contribution in [2.45, 2.75) is 6.92 Å². The van der Waals surface area contributed by atoms with E-state index in [0.717, 1.165) is 10.8 Å². The fraction of sp³-hybridized carbons (Fsp3) is 0.0625. The maximum Gasteiger partial charge on any atom is 0.259 e. The molecule has 0 fully saturated rings. The lowest BCUT2D eigenvalue weighted by Gasteiger charge is -2.05. The first-order valence-electron chi connectivity index (χ1n) is 6.97. The fourth-order valence-electron chi connectivity index (χ4n) is 2.12. The van der Waals surface area contributed by atoms with E-state index in [2.05, 4.69) is 15.6 Å². The zero-order valence-corrected chi connectivity index (χ0v) is 15.0. The van der Waals surface area contributed by atoms with Gasteiger partial charge >= 0.3 is 0 Å². The van der Waals surface area contributed by atoms with Gasteiger partial charge in [-0.2, -0.15) is 0 Å². The molecule has 0 aliphatic rings.